The van der Waals surface area contributed by atoms with Crippen LogP contribution in [-0.2, 0) is 4.74 Å². The Morgan fingerprint density at radius 3 is 2.62 bits per heavy atom. The minimum Gasteiger partial charge on any atom is -0.383 e. The predicted octanol–water partition coefficient (Wildman–Crippen LogP) is 1.73. The fourth-order valence-electron chi connectivity index (χ4n) is 2.34. The van der Waals surface area contributed by atoms with E-state index in [1.807, 2.05) is 0 Å². The lowest BCUT2D eigenvalue weighted by molar-refractivity contribution is 0.135. The monoisotopic (exact) mass is 228 g/mol. The van der Waals surface area contributed by atoms with Gasteiger partial charge in [-0.2, -0.15) is 0 Å². The average Bonchev–Trinajstić information content (AvgIpc) is 2.34. The highest BCUT2D eigenvalue weighted by atomic mass is 16.5. The van der Waals surface area contributed by atoms with Crippen LogP contribution in [-0.4, -0.2) is 50.8 Å². The predicted molar refractivity (Wildman–Crippen MR) is 68.8 cm³/mol. The third-order valence-electron chi connectivity index (χ3n) is 3.78. The van der Waals surface area contributed by atoms with E-state index in [-0.39, 0.29) is 0 Å². The van der Waals surface area contributed by atoms with Gasteiger partial charge in [-0.3, -0.25) is 0 Å². The van der Waals surface area contributed by atoms with Crippen LogP contribution in [0.15, 0.2) is 0 Å². The number of hydrogen-bond acceptors (Lipinski definition) is 3. The van der Waals surface area contributed by atoms with E-state index in [4.69, 9.17) is 4.74 Å². The molecule has 0 aromatic rings. The van der Waals surface area contributed by atoms with Gasteiger partial charge in [0.2, 0.25) is 0 Å². The van der Waals surface area contributed by atoms with Gasteiger partial charge in [-0.1, -0.05) is 6.92 Å². The molecule has 96 valence electrons. The van der Waals surface area contributed by atoms with Gasteiger partial charge in [-0.05, 0) is 51.7 Å². The zero-order chi connectivity index (χ0) is 11.8. The maximum Gasteiger partial charge on any atom is 0.0587 e. The molecule has 0 radical (unpaired) electrons. The van der Waals surface area contributed by atoms with E-state index in [1.165, 1.54) is 32.4 Å². The van der Waals surface area contributed by atoms with Crippen molar-refractivity contribution < 1.29 is 4.74 Å². The summed E-state index contributed by atoms with van der Waals surface area (Å²) in [6.07, 6.45) is 3.98. The van der Waals surface area contributed by atoms with Gasteiger partial charge in [0.1, 0.15) is 0 Å². The summed E-state index contributed by atoms with van der Waals surface area (Å²) in [5.41, 5.74) is 0. The number of hydrogen-bond donors (Lipinski definition) is 1. The first kappa shape index (κ1) is 13.9. The van der Waals surface area contributed by atoms with E-state index in [9.17, 15) is 0 Å². The molecular formula is C13H28N2O. The molecule has 1 rings (SSSR count). The number of nitrogens with zero attached hydrogens (tertiary/aromatic N) is 1. The third-order valence-corrected chi connectivity index (χ3v) is 3.78. The summed E-state index contributed by atoms with van der Waals surface area (Å²) in [6, 6.07) is 0.766. The zero-order valence-corrected chi connectivity index (χ0v) is 11.2. The molecule has 1 atom stereocenters. The highest BCUT2D eigenvalue weighted by Crippen LogP contribution is 2.19. The highest BCUT2D eigenvalue weighted by molar-refractivity contribution is 4.76. The maximum absolute atomic E-state index is 5.02. The van der Waals surface area contributed by atoms with Gasteiger partial charge in [0.25, 0.3) is 0 Å². The summed E-state index contributed by atoms with van der Waals surface area (Å²) in [4.78, 5) is 2.63. The van der Waals surface area contributed by atoms with Gasteiger partial charge >= 0.3 is 0 Å². The van der Waals surface area contributed by atoms with Crippen molar-refractivity contribution in [1.29, 1.82) is 0 Å². The maximum atomic E-state index is 5.02. The Morgan fingerprint density at radius 1 is 1.38 bits per heavy atom. The number of nitrogens with one attached hydrogen (secondary N) is 1. The molecule has 0 aromatic heterocycles. The topological polar surface area (TPSA) is 24.5 Å². The largest absolute Gasteiger partial charge is 0.383 e. The van der Waals surface area contributed by atoms with Gasteiger partial charge in [-0.15, -0.1) is 0 Å². The van der Waals surface area contributed by atoms with Crippen molar-refractivity contribution in [1.82, 2.24) is 10.2 Å². The minimum atomic E-state index is 0.766. The van der Waals surface area contributed by atoms with Crippen molar-refractivity contribution in [3.63, 3.8) is 0 Å². The van der Waals surface area contributed by atoms with E-state index < -0.39 is 0 Å². The molecule has 1 fully saturated rings. The number of methoxy groups -OCH3 is 1. The van der Waals surface area contributed by atoms with E-state index in [0.717, 1.165) is 31.7 Å². The molecule has 0 spiro atoms. The molecule has 3 nitrogen and oxygen atoms in total. The molecule has 1 aliphatic rings. The van der Waals surface area contributed by atoms with Crippen LogP contribution in [0.2, 0.25) is 0 Å². The lowest BCUT2D eigenvalue weighted by Crippen LogP contribution is -2.41. The first-order chi connectivity index (χ1) is 7.77. The first-order valence-electron chi connectivity index (χ1n) is 6.71. The Morgan fingerprint density at radius 2 is 2.06 bits per heavy atom. The Labute approximate surface area is 101 Å². The number of rotatable bonds is 7. The fourth-order valence-corrected chi connectivity index (χ4v) is 2.34. The summed E-state index contributed by atoms with van der Waals surface area (Å²) >= 11 is 0. The van der Waals surface area contributed by atoms with Crippen LogP contribution in [0.3, 0.4) is 0 Å². The van der Waals surface area contributed by atoms with Crippen LogP contribution < -0.4 is 5.32 Å². The molecule has 0 aromatic carbocycles. The first-order valence-corrected chi connectivity index (χ1v) is 6.71. The van der Waals surface area contributed by atoms with E-state index >= 15 is 0 Å². The Kier molecular flexibility index (Phi) is 7.01. The molecule has 1 aliphatic heterocycles. The minimum absolute atomic E-state index is 0.766. The second-order valence-electron chi connectivity index (χ2n) is 4.93. The summed E-state index contributed by atoms with van der Waals surface area (Å²) in [6.45, 7) is 10.2. The molecule has 1 unspecified atom stereocenters. The van der Waals surface area contributed by atoms with Crippen LogP contribution in [0.4, 0.5) is 0 Å². The SMILES string of the molecule is CCC(C)N1CCC(CNCCOC)CC1. The molecule has 0 amide bonds. The van der Waals surface area contributed by atoms with Gasteiger partial charge in [0.05, 0.1) is 6.61 Å². The normalized spacial score (nSPS) is 21.2. The van der Waals surface area contributed by atoms with Crippen LogP contribution in [0.5, 0.6) is 0 Å². The van der Waals surface area contributed by atoms with Gasteiger partial charge in [0.15, 0.2) is 0 Å². The number of piperidine rings is 1. The summed E-state index contributed by atoms with van der Waals surface area (Å²) < 4.78 is 5.02. The fraction of sp³-hybridized carbons (Fsp3) is 1.00. The van der Waals surface area contributed by atoms with Crippen molar-refractivity contribution in [3.05, 3.63) is 0 Å². The molecule has 0 aliphatic carbocycles. The summed E-state index contributed by atoms with van der Waals surface area (Å²) in [5, 5.41) is 3.47. The van der Waals surface area contributed by atoms with Crippen LogP contribution in [0, 0.1) is 5.92 Å². The molecule has 1 N–H and O–H groups in total. The van der Waals surface area contributed by atoms with Crippen molar-refractivity contribution in [2.45, 2.75) is 39.2 Å². The summed E-state index contributed by atoms with van der Waals surface area (Å²) in [5.74, 6) is 0.872. The van der Waals surface area contributed by atoms with E-state index in [1.54, 1.807) is 7.11 Å². The molecule has 3 heteroatoms. The van der Waals surface area contributed by atoms with E-state index in [2.05, 4.69) is 24.1 Å². The molecular weight excluding hydrogens is 200 g/mol. The van der Waals surface area contributed by atoms with Crippen molar-refractivity contribution in [2.75, 3.05) is 39.9 Å². The quantitative estimate of drug-likeness (QED) is 0.672. The summed E-state index contributed by atoms with van der Waals surface area (Å²) in [7, 11) is 1.76. The second-order valence-corrected chi connectivity index (χ2v) is 4.93. The third kappa shape index (κ3) is 4.81. The van der Waals surface area contributed by atoms with Crippen LogP contribution in [0.1, 0.15) is 33.1 Å². The smallest absolute Gasteiger partial charge is 0.0587 e. The number of ether oxygens (including phenoxy) is 1. The molecule has 0 saturated carbocycles. The standard InChI is InChI=1S/C13H28N2O/c1-4-12(2)15-8-5-13(6-9-15)11-14-7-10-16-3/h12-14H,4-11H2,1-3H3. The number of likely N-dealkylation sites (tertiary alicyclic amines) is 1. The van der Waals surface area contributed by atoms with E-state index in [0.29, 0.717) is 0 Å². The Bertz CT molecular complexity index is 167. The highest BCUT2D eigenvalue weighted by Gasteiger charge is 2.21. The average molecular weight is 228 g/mol. The van der Waals surface area contributed by atoms with Crippen LogP contribution >= 0.6 is 0 Å². The lowest BCUT2D eigenvalue weighted by atomic mass is 9.95. The van der Waals surface area contributed by atoms with Crippen molar-refractivity contribution in [3.8, 4) is 0 Å². The molecule has 1 saturated heterocycles. The molecule has 1 heterocycles. The zero-order valence-electron chi connectivity index (χ0n) is 11.2. The second kappa shape index (κ2) is 8.04. The molecule has 0 bridgehead atoms. The Balaban J connectivity index is 2.07. The van der Waals surface area contributed by atoms with Gasteiger partial charge < -0.3 is 15.0 Å². The van der Waals surface area contributed by atoms with Crippen molar-refractivity contribution in [2.24, 2.45) is 5.92 Å². The van der Waals surface area contributed by atoms with Gasteiger partial charge in [-0.25, -0.2) is 0 Å². The molecule has 16 heavy (non-hydrogen) atoms. The Hall–Kier alpha value is -0.120. The van der Waals surface area contributed by atoms with Crippen molar-refractivity contribution >= 4 is 0 Å². The lowest BCUT2D eigenvalue weighted by Gasteiger charge is -2.35. The van der Waals surface area contributed by atoms with Crippen LogP contribution in [0.25, 0.3) is 0 Å². The van der Waals surface area contributed by atoms with Gasteiger partial charge in [0, 0.05) is 19.7 Å².